The number of anilines is 2. The van der Waals surface area contributed by atoms with Crippen molar-refractivity contribution in [2.24, 2.45) is 5.10 Å². The molecule has 3 rings (SSSR count). The van der Waals surface area contributed by atoms with E-state index in [1.165, 1.54) is 36.4 Å². The minimum Gasteiger partial charge on any atom is -0.483 e. The van der Waals surface area contributed by atoms with Crippen LogP contribution in [0.15, 0.2) is 71.8 Å². The Bertz CT molecular complexity index is 1330. The average Bonchev–Trinajstić information content (AvgIpc) is 2.84. The fourth-order valence-electron chi connectivity index (χ4n) is 2.80. The molecule has 0 aromatic heterocycles. The summed E-state index contributed by atoms with van der Waals surface area (Å²) in [6.45, 7) is -0.564. The zero-order chi connectivity index (χ0) is 27.0. The molecule has 3 amide bonds. The number of nitrogens with one attached hydrogen (secondary N) is 3. The Balaban J connectivity index is 1.58. The second-order valence-electron chi connectivity index (χ2n) is 7.26. The molecule has 3 aromatic rings. The summed E-state index contributed by atoms with van der Waals surface area (Å²) in [7, 11) is 0. The zero-order valence-corrected chi connectivity index (χ0v) is 19.4. The number of hydrogen-bond acceptors (Lipinski definition) is 5. The zero-order valence-electron chi connectivity index (χ0n) is 18.6. The normalized spacial score (nSPS) is 11.2. The van der Waals surface area contributed by atoms with Gasteiger partial charge in [-0.05, 0) is 60.7 Å². The first-order valence-electron chi connectivity index (χ1n) is 10.3. The van der Waals surface area contributed by atoms with Gasteiger partial charge >= 0.3 is 18.0 Å². The number of ether oxygens (including phenoxy) is 1. The minimum absolute atomic E-state index is 0.0667. The number of halogens is 5. The number of nitrogens with zero attached hydrogens (tertiary/aromatic N) is 1. The standard InChI is InChI=1S/C24H17ClF4N4O4/c25-16-4-9-20(37-13-21(34)31-19-3-1-2-15(11-19)24(27,28)29)14(10-16)12-30-33-23(36)22(35)32-18-7-5-17(26)6-8-18/h1-12H,13H2,(H,31,34)(H,32,35)(H,33,36)/b30-12-. The largest absolute Gasteiger partial charge is 0.483 e. The number of amides is 3. The van der Waals surface area contributed by atoms with Gasteiger partial charge in [0.05, 0.1) is 11.8 Å². The van der Waals surface area contributed by atoms with E-state index in [2.05, 4.69) is 15.7 Å². The molecule has 0 saturated carbocycles. The molecule has 0 aliphatic carbocycles. The third-order valence-electron chi connectivity index (χ3n) is 4.48. The highest BCUT2D eigenvalue weighted by Crippen LogP contribution is 2.30. The third kappa shape index (κ3) is 8.32. The van der Waals surface area contributed by atoms with E-state index < -0.39 is 41.9 Å². The van der Waals surface area contributed by atoms with Crippen LogP contribution in [0.25, 0.3) is 0 Å². The minimum atomic E-state index is -4.56. The average molecular weight is 537 g/mol. The molecule has 0 atom stereocenters. The Labute approximate surface area is 212 Å². The van der Waals surface area contributed by atoms with Gasteiger partial charge in [0.15, 0.2) is 6.61 Å². The first-order chi connectivity index (χ1) is 17.5. The Kier molecular flexibility index (Phi) is 8.80. The summed E-state index contributed by atoms with van der Waals surface area (Å²) in [5, 5.41) is 8.48. The molecule has 0 unspecified atom stereocenters. The third-order valence-corrected chi connectivity index (χ3v) is 4.72. The molecule has 0 aliphatic rings. The quantitative estimate of drug-likeness (QED) is 0.177. The van der Waals surface area contributed by atoms with Gasteiger partial charge in [-0.15, -0.1) is 0 Å². The maximum atomic E-state index is 12.9. The molecule has 3 aromatic carbocycles. The van der Waals surface area contributed by atoms with E-state index in [1.807, 2.05) is 5.43 Å². The summed E-state index contributed by atoms with van der Waals surface area (Å²) in [5.41, 5.74) is 1.43. The molecule has 0 saturated heterocycles. The van der Waals surface area contributed by atoms with Crippen molar-refractivity contribution in [2.75, 3.05) is 17.2 Å². The van der Waals surface area contributed by atoms with Crippen LogP contribution in [0.5, 0.6) is 5.75 Å². The first kappa shape index (κ1) is 27.1. The molecule has 0 fully saturated rings. The summed E-state index contributed by atoms with van der Waals surface area (Å²) >= 11 is 5.97. The van der Waals surface area contributed by atoms with Gasteiger partial charge in [0, 0.05) is 22.0 Å². The molecule has 0 aliphatic heterocycles. The molecule has 3 N–H and O–H groups in total. The van der Waals surface area contributed by atoms with Gasteiger partial charge in [0.25, 0.3) is 5.91 Å². The number of alkyl halides is 3. The number of benzene rings is 3. The van der Waals surface area contributed by atoms with Gasteiger partial charge in [0.1, 0.15) is 11.6 Å². The molecule has 0 bridgehead atoms. The molecule has 0 radical (unpaired) electrons. The Hall–Kier alpha value is -4.45. The fraction of sp³-hybridized carbons (Fsp3) is 0.0833. The molecular weight excluding hydrogens is 520 g/mol. The predicted molar refractivity (Wildman–Crippen MR) is 128 cm³/mol. The van der Waals surface area contributed by atoms with Crippen LogP contribution in [0.1, 0.15) is 11.1 Å². The highest BCUT2D eigenvalue weighted by atomic mass is 35.5. The summed E-state index contributed by atoms with van der Waals surface area (Å²) in [4.78, 5) is 36.0. The number of hydrazone groups is 1. The van der Waals surface area contributed by atoms with Crippen molar-refractivity contribution in [3.05, 3.63) is 88.7 Å². The van der Waals surface area contributed by atoms with Gasteiger partial charge in [-0.25, -0.2) is 9.82 Å². The SMILES string of the molecule is O=C(COc1ccc(Cl)cc1/C=N\NC(=O)C(=O)Nc1ccc(F)cc1)Nc1cccc(C(F)(F)F)c1. The van der Waals surface area contributed by atoms with Crippen LogP contribution < -0.4 is 20.8 Å². The number of hydrogen-bond donors (Lipinski definition) is 3. The van der Waals surface area contributed by atoms with Crippen molar-refractivity contribution in [3.8, 4) is 5.75 Å². The van der Waals surface area contributed by atoms with Crippen LogP contribution in [0.4, 0.5) is 28.9 Å². The van der Waals surface area contributed by atoms with Crippen molar-refractivity contribution < 1.29 is 36.7 Å². The van der Waals surface area contributed by atoms with Crippen LogP contribution in [0.2, 0.25) is 5.02 Å². The molecule has 0 heterocycles. The molecule has 192 valence electrons. The van der Waals surface area contributed by atoms with Gasteiger partial charge in [-0.3, -0.25) is 14.4 Å². The van der Waals surface area contributed by atoms with E-state index in [-0.39, 0.29) is 27.7 Å². The van der Waals surface area contributed by atoms with Crippen LogP contribution in [-0.2, 0) is 20.6 Å². The second-order valence-corrected chi connectivity index (χ2v) is 7.69. The van der Waals surface area contributed by atoms with Crippen LogP contribution in [0, 0.1) is 5.82 Å². The summed E-state index contributed by atoms with van der Waals surface area (Å²) in [6.07, 6.45) is -3.46. The summed E-state index contributed by atoms with van der Waals surface area (Å²) in [6, 6.07) is 13.1. The van der Waals surface area contributed by atoms with Crippen LogP contribution >= 0.6 is 11.6 Å². The van der Waals surface area contributed by atoms with Crippen molar-refractivity contribution in [3.63, 3.8) is 0 Å². The van der Waals surface area contributed by atoms with E-state index in [4.69, 9.17) is 16.3 Å². The fourth-order valence-corrected chi connectivity index (χ4v) is 2.98. The van der Waals surface area contributed by atoms with Gasteiger partial charge in [-0.1, -0.05) is 17.7 Å². The lowest BCUT2D eigenvalue weighted by atomic mass is 10.2. The van der Waals surface area contributed by atoms with Crippen LogP contribution in [-0.4, -0.2) is 30.5 Å². The Morgan fingerprint density at radius 1 is 0.919 bits per heavy atom. The molecule has 37 heavy (non-hydrogen) atoms. The first-order valence-corrected chi connectivity index (χ1v) is 10.7. The smallest absolute Gasteiger partial charge is 0.416 e. The van der Waals surface area contributed by atoms with Crippen molar-refractivity contribution in [1.82, 2.24) is 5.43 Å². The highest BCUT2D eigenvalue weighted by Gasteiger charge is 2.30. The van der Waals surface area contributed by atoms with Crippen molar-refractivity contribution in [1.29, 1.82) is 0 Å². The van der Waals surface area contributed by atoms with Gasteiger partial charge < -0.3 is 15.4 Å². The molecule has 0 spiro atoms. The molecular formula is C24H17ClF4N4O4. The summed E-state index contributed by atoms with van der Waals surface area (Å²) in [5.74, 6) is -3.32. The summed E-state index contributed by atoms with van der Waals surface area (Å²) < 4.78 is 56.9. The monoisotopic (exact) mass is 536 g/mol. The molecule has 8 nitrogen and oxygen atoms in total. The van der Waals surface area contributed by atoms with Crippen molar-refractivity contribution >= 4 is 46.9 Å². The van der Waals surface area contributed by atoms with Gasteiger partial charge in [0.2, 0.25) is 0 Å². The predicted octanol–water partition coefficient (Wildman–Crippen LogP) is 4.60. The highest BCUT2D eigenvalue weighted by molar-refractivity contribution is 6.39. The van der Waals surface area contributed by atoms with Crippen LogP contribution in [0.3, 0.4) is 0 Å². The van der Waals surface area contributed by atoms with E-state index >= 15 is 0 Å². The number of rotatable bonds is 7. The topological polar surface area (TPSA) is 109 Å². The number of carbonyl (C=O) groups is 3. The van der Waals surface area contributed by atoms with E-state index in [1.54, 1.807) is 0 Å². The maximum Gasteiger partial charge on any atom is 0.416 e. The molecule has 13 heteroatoms. The van der Waals surface area contributed by atoms with E-state index in [9.17, 15) is 31.9 Å². The van der Waals surface area contributed by atoms with Crippen molar-refractivity contribution in [2.45, 2.75) is 6.18 Å². The second kappa shape index (κ2) is 12.0. The van der Waals surface area contributed by atoms with Gasteiger partial charge in [-0.2, -0.15) is 18.3 Å². The lowest BCUT2D eigenvalue weighted by Gasteiger charge is -2.11. The van der Waals surface area contributed by atoms with E-state index in [0.717, 1.165) is 36.5 Å². The lowest BCUT2D eigenvalue weighted by molar-refractivity contribution is -0.137. The maximum absolute atomic E-state index is 12.9. The Morgan fingerprint density at radius 2 is 1.65 bits per heavy atom. The number of carbonyl (C=O) groups excluding carboxylic acids is 3. The Morgan fingerprint density at radius 3 is 2.35 bits per heavy atom. The lowest BCUT2D eigenvalue weighted by Crippen LogP contribution is -2.32. The van der Waals surface area contributed by atoms with E-state index in [0.29, 0.717) is 0 Å².